The van der Waals surface area contributed by atoms with Crippen LogP contribution in [0.2, 0.25) is 0 Å². The Morgan fingerprint density at radius 3 is 2.54 bits per heavy atom. The van der Waals surface area contributed by atoms with Crippen molar-refractivity contribution in [1.82, 2.24) is 9.78 Å². The molecule has 1 aliphatic carbocycles. The summed E-state index contributed by atoms with van der Waals surface area (Å²) in [5.41, 5.74) is 4.13. The largest absolute Gasteiger partial charge is 0.481 e. The van der Waals surface area contributed by atoms with Crippen LogP contribution in [0.25, 0.3) is 5.69 Å². The Morgan fingerprint density at radius 2 is 1.96 bits per heavy atom. The molecule has 0 aliphatic heterocycles. The van der Waals surface area contributed by atoms with Crippen LogP contribution in [-0.2, 0) is 17.6 Å². The lowest BCUT2D eigenvalue weighted by molar-refractivity contribution is -0.137. The van der Waals surface area contributed by atoms with Gasteiger partial charge in [0.15, 0.2) is 0 Å². The van der Waals surface area contributed by atoms with E-state index in [1.54, 1.807) is 24.3 Å². The molecule has 0 spiro atoms. The fourth-order valence-electron chi connectivity index (χ4n) is 3.52. The second-order valence-corrected chi connectivity index (χ2v) is 6.11. The molecule has 6 nitrogen and oxygen atoms in total. The predicted octanol–water partition coefficient (Wildman–Crippen LogP) is 3.03. The smallest absolute Gasteiger partial charge is 0.335 e. The maximum Gasteiger partial charge on any atom is 0.335 e. The van der Waals surface area contributed by atoms with E-state index < -0.39 is 11.9 Å². The van der Waals surface area contributed by atoms with Crippen LogP contribution in [-0.4, -0.2) is 31.9 Å². The molecular weight excluding hydrogens is 308 g/mol. The topological polar surface area (TPSA) is 92.4 Å². The van der Waals surface area contributed by atoms with Crippen LogP contribution in [0.1, 0.15) is 59.4 Å². The molecule has 24 heavy (non-hydrogen) atoms. The van der Waals surface area contributed by atoms with Crippen molar-refractivity contribution in [3.63, 3.8) is 0 Å². The summed E-state index contributed by atoms with van der Waals surface area (Å²) in [6.07, 6.45) is 3.55. The molecule has 1 unspecified atom stereocenters. The number of carbonyl (C=O) groups is 2. The van der Waals surface area contributed by atoms with Crippen LogP contribution in [0.5, 0.6) is 0 Å². The van der Waals surface area contributed by atoms with Gasteiger partial charge < -0.3 is 10.2 Å². The molecule has 1 aliphatic rings. The van der Waals surface area contributed by atoms with E-state index in [0.717, 1.165) is 48.3 Å². The van der Waals surface area contributed by atoms with Crippen molar-refractivity contribution in [2.45, 2.75) is 44.9 Å². The van der Waals surface area contributed by atoms with Crippen LogP contribution in [0.4, 0.5) is 0 Å². The number of benzene rings is 1. The van der Waals surface area contributed by atoms with Crippen LogP contribution in [0, 0.1) is 0 Å². The number of hydrogen-bond acceptors (Lipinski definition) is 3. The summed E-state index contributed by atoms with van der Waals surface area (Å²) in [6.45, 7) is 2.02. The zero-order valence-corrected chi connectivity index (χ0v) is 13.5. The Balaban J connectivity index is 2.05. The van der Waals surface area contributed by atoms with Crippen molar-refractivity contribution in [3.8, 4) is 5.69 Å². The van der Waals surface area contributed by atoms with Crippen LogP contribution < -0.4 is 0 Å². The van der Waals surface area contributed by atoms with Gasteiger partial charge in [-0.3, -0.25) is 4.79 Å². The number of aliphatic carboxylic acids is 1. The molecule has 2 aromatic rings. The van der Waals surface area contributed by atoms with Gasteiger partial charge in [0.1, 0.15) is 0 Å². The summed E-state index contributed by atoms with van der Waals surface area (Å²) in [5, 5.41) is 22.9. The Kier molecular flexibility index (Phi) is 4.38. The van der Waals surface area contributed by atoms with E-state index in [1.165, 1.54) is 0 Å². The monoisotopic (exact) mass is 328 g/mol. The van der Waals surface area contributed by atoms with Crippen LogP contribution in [0.15, 0.2) is 24.3 Å². The molecule has 6 heteroatoms. The minimum atomic E-state index is -0.959. The quantitative estimate of drug-likeness (QED) is 0.880. The van der Waals surface area contributed by atoms with E-state index in [2.05, 4.69) is 5.10 Å². The van der Waals surface area contributed by atoms with Gasteiger partial charge in [0.2, 0.25) is 0 Å². The highest BCUT2D eigenvalue weighted by atomic mass is 16.4. The van der Waals surface area contributed by atoms with Gasteiger partial charge >= 0.3 is 11.9 Å². The minimum absolute atomic E-state index is 0.00763. The summed E-state index contributed by atoms with van der Waals surface area (Å²) in [6, 6.07) is 6.62. The second-order valence-electron chi connectivity index (χ2n) is 6.11. The SMILES string of the molecule is CCc1nn(-c2ccc(C(=O)O)cc2)c2c1C(CC(=O)O)CCC2. The predicted molar refractivity (Wildman–Crippen MR) is 87.8 cm³/mol. The third-order valence-electron chi connectivity index (χ3n) is 4.59. The highest BCUT2D eigenvalue weighted by molar-refractivity contribution is 5.87. The molecule has 0 saturated carbocycles. The van der Waals surface area contributed by atoms with Crippen molar-refractivity contribution in [1.29, 1.82) is 0 Å². The molecule has 2 N–H and O–H groups in total. The van der Waals surface area contributed by atoms with Crippen molar-refractivity contribution in [2.24, 2.45) is 0 Å². The Labute approximate surface area is 139 Å². The average molecular weight is 328 g/mol. The number of carboxylic acid groups (broad SMARTS) is 2. The normalized spacial score (nSPS) is 16.6. The lowest BCUT2D eigenvalue weighted by atomic mass is 9.82. The molecule has 1 atom stereocenters. The lowest BCUT2D eigenvalue weighted by Crippen LogP contribution is -2.15. The molecule has 0 radical (unpaired) electrons. The van der Waals surface area contributed by atoms with Crippen molar-refractivity contribution < 1.29 is 19.8 Å². The number of carboxylic acids is 2. The number of hydrogen-bond donors (Lipinski definition) is 2. The molecule has 0 saturated heterocycles. The maximum absolute atomic E-state index is 11.2. The van der Waals surface area contributed by atoms with Gasteiger partial charge in [0.25, 0.3) is 0 Å². The summed E-state index contributed by atoms with van der Waals surface area (Å²) in [4.78, 5) is 22.2. The molecule has 0 amide bonds. The number of fused-ring (bicyclic) bond motifs is 1. The first-order valence-electron chi connectivity index (χ1n) is 8.17. The zero-order valence-electron chi connectivity index (χ0n) is 13.5. The first-order valence-corrected chi connectivity index (χ1v) is 8.17. The van der Waals surface area contributed by atoms with Gasteiger partial charge in [-0.1, -0.05) is 6.92 Å². The number of aromatic nitrogens is 2. The first kappa shape index (κ1) is 16.2. The van der Waals surface area contributed by atoms with E-state index in [0.29, 0.717) is 0 Å². The summed E-state index contributed by atoms with van der Waals surface area (Å²) < 4.78 is 1.85. The molecule has 126 valence electrons. The number of rotatable bonds is 5. The lowest BCUT2D eigenvalue weighted by Gasteiger charge is -2.22. The van der Waals surface area contributed by atoms with Crippen molar-refractivity contribution in [2.75, 3.05) is 0 Å². The van der Waals surface area contributed by atoms with Crippen molar-refractivity contribution >= 4 is 11.9 Å². The van der Waals surface area contributed by atoms with Crippen LogP contribution >= 0.6 is 0 Å². The van der Waals surface area contributed by atoms with Crippen LogP contribution in [0.3, 0.4) is 0 Å². The molecule has 0 bridgehead atoms. The Bertz CT molecular complexity index is 777. The summed E-state index contributed by atoms with van der Waals surface area (Å²) in [7, 11) is 0. The number of aromatic carboxylic acids is 1. The second kappa shape index (κ2) is 6.47. The first-order chi connectivity index (χ1) is 11.5. The third kappa shape index (κ3) is 2.91. The Hall–Kier alpha value is -2.63. The van der Waals surface area contributed by atoms with E-state index >= 15 is 0 Å². The summed E-state index contributed by atoms with van der Waals surface area (Å²) in [5.74, 6) is -1.73. The molecule has 0 fully saturated rings. The Morgan fingerprint density at radius 1 is 1.25 bits per heavy atom. The molecule has 1 aromatic carbocycles. The average Bonchev–Trinajstić information content (AvgIpc) is 2.94. The van der Waals surface area contributed by atoms with Gasteiger partial charge in [-0.25, -0.2) is 9.48 Å². The zero-order chi connectivity index (χ0) is 17.3. The number of nitrogens with zero attached hydrogens (tertiary/aromatic N) is 2. The van der Waals surface area contributed by atoms with Gasteiger partial charge in [-0.15, -0.1) is 0 Å². The van der Waals surface area contributed by atoms with E-state index in [4.69, 9.17) is 5.11 Å². The maximum atomic E-state index is 11.2. The highest BCUT2D eigenvalue weighted by Crippen LogP contribution is 2.37. The summed E-state index contributed by atoms with van der Waals surface area (Å²) >= 11 is 0. The van der Waals surface area contributed by atoms with Gasteiger partial charge in [-0.05, 0) is 55.9 Å². The fourth-order valence-corrected chi connectivity index (χ4v) is 3.52. The van der Waals surface area contributed by atoms with Crippen molar-refractivity contribution in [3.05, 3.63) is 46.8 Å². The molecule has 1 heterocycles. The van der Waals surface area contributed by atoms with Gasteiger partial charge in [0, 0.05) is 11.3 Å². The van der Waals surface area contributed by atoms with E-state index in [9.17, 15) is 14.7 Å². The fraction of sp³-hybridized carbons (Fsp3) is 0.389. The standard InChI is InChI=1S/C18H20N2O4/c1-2-14-17-12(10-16(21)22)4-3-5-15(17)20(19-14)13-8-6-11(7-9-13)18(23)24/h6-9,12H,2-5,10H2,1H3,(H,21,22)(H,23,24). The molecule has 3 rings (SSSR count). The third-order valence-corrected chi connectivity index (χ3v) is 4.59. The van der Waals surface area contributed by atoms with Gasteiger partial charge in [-0.2, -0.15) is 5.10 Å². The molecule has 1 aromatic heterocycles. The highest BCUT2D eigenvalue weighted by Gasteiger charge is 2.29. The van der Waals surface area contributed by atoms with E-state index in [1.807, 2.05) is 11.6 Å². The van der Waals surface area contributed by atoms with E-state index in [-0.39, 0.29) is 17.9 Å². The van der Waals surface area contributed by atoms with Gasteiger partial charge in [0.05, 0.1) is 23.4 Å². The minimum Gasteiger partial charge on any atom is -0.481 e. The molecular formula is C18H20N2O4. The number of aryl methyl sites for hydroxylation is 1.